The van der Waals surface area contributed by atoms with E-state index in [0.717, 1.165) is 135 Å². The lowest BCUT2D eigenvalue weighted by Crippen LogP contribution is -2.30. The van der Waals surface area contributed by atoms with Gasteiger partial charge in [0.1, 0.15) is 19.3 Å². The third-order valence-electron chi connectivity index (χ3n) is 15.6. The maximum Gasteiger partial charge on any atom is 0.472 e. The number of carbonyl (C=O) groups excluding carboxylic acids is 4. The Morgan fingerprint density at radius 1 is 0.290 bits per heavy atom. The van der Waals surface area contributed by atoms with Crippen molar-refractivity contribution in [2.24, 2.45) is 0 Å². The van der Waals surface area contributed by atoms with Crippen molar-refractivity contribution in [2.45, 2.75) is 316 Å². The van der Waals surface area contributed by atoms with Gasteiger partial charge in [0.25, 0.3) is 0 Å². The van der Waals surface area contributed by atoms with Crippen molar-refractivity contribution < 1.29 is 80.2 Å². The second-order valence-electron chi connectivity index (χ2n) is 25.2. The zero-order valence-electron chi connectivity index (χ0n) is 62.3. The molecule has 100 heavy (non-hydrogen) atoms. The first kappa shape index (κ1) is 95.2. The molecule has 0 aliphatic carbocycles. The number of phosphoric acid groups is 2. The fourth-order valence-electron chi connectivity index (χ4n) is 9.81. The molecule has 0 bridgehead atoms. The summed E-state index contributed by atoms with van der Waals surface area (Å²) in [5.74, 6) is -2.30. The Morgan fingerprint density at radius 2 is 0.530 bits per heavy atom. The molecule has 0 saturated heterocycles. The monoisotopic (exact) mass is 1440 g/mol. The summed E-state index contributed by atoms with van der Waals surface area (Å²) in [5, 5.41) is 10.6. The van der Waals surface area contributed by atoms with Crippen LogP contribution in [0.3, 0.4) is 0 Å². The van der Waals surface area contributed by atoms with E-state index in [9.17, 15) is 43.2 Å². The van der Waals surface area contributed by atoms with Gasteiger partial charge in [-0.15, -0.1) is 0 Å². The molecule has 0 amide bonds. The topological polar surface area (TPSA) is 237 Å². The first-order valence-electron chi connectivity index (χ1n) is 38.4. The van der Waals surface area contributed by atoms with E-state index in [1.165, 1.54) is 70.6 Å². The number of phosphoric ester groups is 2. The van der Waals surface area contributed by atoms with Crippen molar-refractivity contribution in [1.82, 2.24) is 0 Å². The standard InChI is InChI=1S/C81H136O17P2/c1-5-9-13-17-21-25-29-33-36-37-40-43-46-50-54-58-62-66-79(84)92-72-77(98-81(86)68-64-60-56-52-48-44-39-35-31-27-23-19-15-11-7-3)74-96-100(89,90)94-70-75(82)69-93-99(87,88)95-73-76(97-80(85)67-63-59-55-51-47-41-32-28-24-20-16-12-8-4)71-91-78(83)65-61-57-53-49-45-42-38-34-30-26-22-18-14-10-6-2/h9,11,13,15,21-23,25-27,33-36,38-40,43,48,50,52,54,75-77,82H,5-8,10,12,14,16-20,24,28-32,37,41-42,44-47,49,51,53,55-74H2,1-4H3,(H,87,88)(H,89,90)/b13-9-,15-11-,25-21-,26-22-,27-23-,36-33-,38-34-,39-35-,43-40-,52-48-,54-50-. The molecule has 0 aliphatic heterocycles. The number of aliphatic hydroxyl groups is 1. The van der Waals surface area contributed by atoms with Gasteiger partial charge in [0.15, 0.2) is 12.2 Å². The van der Waals surface area contributed by atoms with Gasteiger partial charge in [-0.25, -0.2) is 9.13 Å². The van der Waals surface area contributed by atoms with Crippen LogP contribution in [0.5, 0.6) is 0 Å². The molecule has 3 N–H and O–H groups in total. The van der Waals surface area contributed by atoms with Crippen LogP contribution in [0.1, 0.15) is 297 Å². The van der Waals surface area contributed by atoms with E-state index >= 15 is 0 Å². The van der Waals surface area contributed by atoms with Crippen LogP contribution in [0.15, 0.2) is 134 Å². The summed E-state index contributed by atoms with van der Waals surface area (Å²) in [6.45, 7) is 4.49. The lowest BCUT2D eigenvalue weighted by Gasteiger charge is -2.21. The van der Waals surface area contributed by atoms with Gasteiger partial charge in [0, 0.05) is 25.7 Å². The van der Waals surface area contributed by atoms with Gasteiger partial charge in [-0.05, 0) is 135 Å². The first-order valence-corrected chi connectivity index (χ1v) is 41.4. The number of hydrogen-bond donors (Lipinski definition) is 3. The van der Waals surface area contributed by atoms with Crippen LogP contribution < -0.4 is 0 Å². The lowest BCUT2D eigenvalue weighted by atomic mass is 10.0. The van der Waals surface area contributed by atoms with Gasteiger partial charge in [0.05, 0.1) is 26.4 Å². The molecule has 572 valence electrons. The van der Waals surface area contributed by atoms with Gasteiger partial charge < -0.3 is 33.8 Å². The number of allylic oxidation sites excluding steroid dienone is 22. The minimum Gasteiger partial charge on any atom is -0.462 e. The molecule has 0 aromatic carbocycles. The van der Waals surface area contributed by atoms with Crippen molar-refractivity contribution in [1.29, 1.82) is 0 Å². The quantitative estimate of drug-likeness (QED) is 0.0169. The third-order valence-corrected chi connectivity index (χ3v) is 17.5. The molecule has 0 heterocycles. The van der Waals surface area contributed by atoms with Gasteiger partial charge in [-0.1, -0.05) is 271 Å². The van der Waals surface area contributed by atoms with E-state index < -0.39 is 97.5 Å². The average molecular weight is 1440 g/mol. The van der Waals surface area contributed by atoms with Gasteiger partial charge in [-0.3, -0.25) is 37.3 Å². The fourth-order valence-corrected chi connectivity index (χ4v) is 11.4. The van der Waals surface area contributed by atoms with Crippen molar-refractivity contribution in [3.05, 3.63) is 134 Å². The summed E-state index contributed by atoms with van der Waals surface area (Å²) >= 11 is 0. The minimum atomic E-state index is -5.00. The number of aliphatic hydroxyl groups excluding tert-OH is 1. The molecule has 0 aromatic rings. The molecule has 0 spiro atoms. The Balaban J connectivity index is 5.45. The summed E-state index contributed by atoms with van der Waals surface area (Å²) in [4.78, 5) is 72.8. The Kier molecular flexibility index (Phi) is 69.1. The van der Waals surface area contributed by atoms with Crippen molar-refractivity contribution in [2.75, 3.05) is 39.6 Å². The molecule has 0 rings (SSSR count). The summed E-state index contributed by atoms with van der Waals surface area (Å²) < 4.78 is 68.4. The van der Waals surface area contributed by atoms with E-state index in [0.29, 0.717) is 38.5 Å². The van der Waals surface area contributed by atoms with Crippen molar-refractivity contribution in [3.8, 4) is 0 Å². The van der Waals surface area contributed by atoms with Gasteiger partial charge in [0.2, 0.25) is 0 Å². The Labute approximate surface area is 605 Å². The summed E-state index contributed by atoms with van der Waals surface area (Å²) in [7, 11) is -9.99. The van der Waals surface area contributed by atoms with Crippen LogP contribution >= 0.6 is 15.6 Å². The maximum absolute atomic E-state index is 13.1. The van der Waals surface area contributed by atoms with E-state index in [-0.39, 0.29) is 25.7 Å². The highest BCUT2D eigenvalue weighted by atomic mass is 31.2. The molecule has 0 aliphatic rings. The van der Waals surface area contributed by atoms with Gasteiger partial charge in [-0.2, -0.15) is 0 Å². The van der Waals surface area contributed by atoms with Crippen LogP contribution in [0.2, 0.25) is 0 Å². The van der Waals surface area contributed by atoms with Crippen LogP contribution in [-0.4, -0.2) is 96.7 Å². The summed E-state index contributed by atoms with van der Waals surface area (Å²) in [5.41, 5.74) is 0. The van der Waals surface area contributed by atoms with Crippen LogP contribution in [-0.2, 0) is 65.4 Å². The number of ether oxygens (including phenoxy) is 4. The molecule has 0 aromatic heterocycles. The zero-order valence-corrected chi connectivity index (χ0v) is 64.1. The molecular weight excluding hydrogens is 1310 g/mol. The molecule has 17 nitrogen and oxygen atoms in total. The highest BCUT2D eigenvalue weighted by Gasteiger charge is 2.30. The molecule has 5 atom stereocenters. The third kappa shape index (κ3) is 71.6. The van der Waals surface area contributed by atoms with Crippen LogP contribution in [0.4, 0.5) is 0 Å². The van der Waals surface area contributed by atoms with Crippen LogP contribution in [0.25, 0.3) is 0 Å². The molecule has 0 saturated carbocycles. The molecule has 0 radical (unpaired) electrons. The van der Waals surface area contributed by atoms with E-state index in [1.807, 2.05) is 12.2 Å². The molecule has 19 heteroatoms. The number of esters is 4. The summed E-state index contributed by atoms with van der Waals surface area (Å²) in [6, 6.07) is 0. The SMILES string of the molecule is CC/C=C\C/C=C\C/C=C\C/C=C\C/C=C\CCCC(=O)OCC(COP(=O)(O)OCC(O)COP(=O)(O)OCC(COC(=O)CCCCCCC/C=C\C/C=C\CCCCC)OC(=O)CCCCCCCCCCCCCCC)OC(=O)CCCC/C=C\C/C=C\C/C=C\C/C=C\CC. The molecular formula is C81H136O17P2. The average Bonchev–Trinajstić information content (AvgIpc) is 1.06. The van der Waals surface area contributed by atoms with Crippen LogP contribution in [0, 0.1) is 0 Å². The highest BCUT2D eigenvalue weighted by Crippen LogP contribution is 2.45. The van der Waals surface area contributed by atoms with Crippen molar-refractivity contribution in [3.63, 3.8) is 0 Å². The van der Waals surface area contributed by atoms with E-state index in [4.69, 9.17) is 37.0 Å². The normalized spacial score (nSPS) is 14.7. The summed E-state index contributed by atoms with van der Waals surface area (Å²) in [6.07, 6.45) is 80.2. The van der Waals surface area contributed by atoms with E-state index in [1.54, 1.807) is 0 Å². The number of carbonyl (C=O) groups is 4. The maximum atomic E-state index is 13.1. The minimum absolute atomic E-state index is 0.0269. The second-order valence-corrected chi connectivity index (χ2v) is 28.1. The number of hydrogen-bond acceptors (Lipinski definition) is 15. The Morgan fingerprint density at radius 3 is 0.880 bits per heavy atom. The Hall–Kier alpha value is -4.80. The molecule has 0 fully saturated rings. The smallest absolute Gasteiger partial charge is 0.462 e. The van der Waals surface area contributed by atoms with Gasteiger partial charge >= 0.3 is 39.5 Å². The second kappa shape index (κ2) is 72.5. The highest BCUT2D eigenvalue weighted by molar-refractivity contribution is 7.47. The van der Waals surface area contributed by atoms with E-state index in [2.05, 4.69) is 149 Å². The molecule has 5 unspecified atom stereocenters. The predicted octanol–water partition coefficient (Wildman–Crippen LogP) is 22.1. The first-order chi connectivity index (χ1) is 48.7. The Bertz CT molecular complexity index is 2420. The lowest BCUT2D eigenvalue weighted by molar-refractivity contribution is -0.161. The zero-order chi connectivity index (χ0) is 73.2. The predicted molar refractivity (Wildman–Crippen MR) is 408 cm³/mol. The van der Waals surface area contributed by atoms with Crippen molar-refractivity contribution >= 4 is 39.5 Å². The fraction of sp³-hybridized carbons (Fsp3) is 0.679. The number of rotatable bonds is 71. The number of unbranched alkanes of at least 4 members (excludes halogenated alkanes) is 23. The largest absolute Gasteiger partial charge is 0.472 e.